The molecule has 0 saturated heterocycles. The lowest BCUT2D eigenvalue weighted by atomic mass is 10.2. The molecule has 0 aliphatic heterocycles. The van der Waals surface area contributed by atoms with Crippen LogP contribution in [0.2, 0.25) is 0 Å². The van der Waals surface area contributed by atoms with Crippen LogP contribution >= 0.6 is 0 Å². The van der Waals surface area contributed by atoms with Gasteiger partial charge in [0.05, 0.1) is 25.6 Å². The van der Waals surface area contributed by atoms with Crippen molar-refractivity contribution < 1.29 is 19.8 Å². The molecule has 0 fully saturated rings. The van der Waals surface area contributed by atoms with Gasteiger partial charge < -0.3 is 31.1 Å². The fourth-order valence-electron chi connectivity index (χ4n) is 1.96. The Bertz CT molecular complexity index is 694. The van der Waals surface area contributed by atoms with E-state index in [4.69, 9.17) is 10.2 Å². The van der Waals surface area contributed by atoms with Crippen molar-refractivity contribution in [2.24, 2.45) is 0 Å². The molecule has 1 aromatic heterocycles. The maximum atomic E-state index is 12.3. The summed E-state index contributed by atoms with van der Waals surface area (Å²) >= 11 is 0. The van der Waals surface area contributed by atoms with Gasteiger partial charge in [-0.3, -0.25) is 9.59 Å². The maximum absolute atomic E-state index is 12.3. The first-order valence-corrected chi connectivity index (χ1v) is 7.24. The first-order valence-electron chi connectivity index (χ1n) is 7.24. The number of H-pyrrole nitrogens is 1. The molecule has 0 aliphatic carbocycles. The Hall–Kier alpha value is -2.91. The summed E-state index contributed by atoms with van der Waals surface area (Å²) in [6.45, 7) is -0.842. The normalized spacial score (nSPS) is 10.5. The molecule has 0 aliphatic rings. The number of aliphatic hydroxyl groups is 2. The number of aromatic nitrogens is 2. The van der Waals surface area contributed by atoms with Crippen LogP contribution in [0.25, 0.3) is 0 Å². The van der Waals surface area contributed by atoms with Crippen molar-refractivity contribution in [3.63, 3.8) is 0 Å². The fraction of sp³-hybridized carbons (Fsp3) is 0.267. The van der Waals surface area contributed by atoms with Gasteiger partial charge in [-0.25, -0.2) is 4.98 Å². The molecule has 0 spiro atoms. The van der Waals surface area contributed by atoms with Gasteiger partial charge >= 0.3 is 0 Å². The van der Waals surface area contributed by atoms with Gasteiger partial charge in [-0.15, -0.1) is 0 Å². The zero-order valence-corrected chi connectivity index (χ0v) is 13.0. The summed E-state index contributed by atoms with van der Waals surface area (Å²) in [5.41, 5.74) is 1.31. The van der Waals surface area contributed by atoms with Crippen molar-refractivity contribution in [3.05, 3.63) is 42.0 Å². The molecule has 0 saturated carbocycles. The van der Waals surface area contributed by atoms with E-state index in [2.05, 4.69) is 25.9 Å². The van der Waals surface area contributed by atoms with Crippen LogP contribution in [0.4, 0.5) is 11.4 Å². The Kier molecular flexibility index (Phi) is 5.88. The average Bonchev–Trinajstić information content (AvgIpc) is 3.10. The highest BCUT2D eigenvalue weighted by Crippen LogP contribution is 2.14. The number of hydrogen-bond donors (Lipinski definition) is 6. The Morgan fingerprint density at radius 2 is 1.75 bits per heavy atom. The predicted octanol–water partition coefficient (Wildman–Crippen LogP) is -0.213. The minimum absolute atomic E-state index is 0.0498. The van der Waals surface area contributed by atoms with Crippen LogP contribution < -0.4 is 16.0 Å². The number of benzene rings is 1. The van der Waals surface area contributed by atoms with E-state index in [1.54, 1.807) is 31.3 Å². The second-order valence-corrected chi connectivity index (χ2v) is 4.94. The average molecular weight is 333 g/mol. The number of aromatic amines is 1. The van der Waals surface area contributed by atoms with Gasteiger partial charge in [0.15, 0.2) is 5.69 Å². The summed E-state index contributed by atoms with van der Waals surface area (Å²) in [7, 11) is 1.79. The summed E-state index contributed by atoms with van der Waals surface area (Å²) in [6, 6.07) is 6.19. The molecular weight excluding hydrogens is 314 g/mol. The van der Waals surface area contributed by atoms with Gasteiger partial charge in [-0.2, -0.15) is 0 Å². The number of aliphatic hydroxyl groups excluding tert-OH is 2. The zero-order chi connectivity index (χ0) is 17.5. The van der Waals surface area contributed by atoms with Crippen LogP contribution in [0.15, 0.2) is 30.6 Å². The van der Waals surface area contributed by atoms with Gasteiger partial charge in [0.2, 0.25) is 0 Å². The summed E-state index contributed by atoms with van der Waals surface area (Å²) in [6.07, 6.45) is 1.22. The van der Waals surface area contributed by atoms with Crippen molar-refractivity contribution >= 4 is 23.2 Å². The number of nitrogens with zero attached hydrogens (tertiary/aromatic N) is 1. The van der Waals surface area contributed by atoms with Gasteiger partial charge in [0, 0.05) is 18.4 Å². The second kappa shape index (κ2) is 8.09. The number of imidazole rings is 1. The first-order chi connectivity index (χ1) is 11.6. The van der Waals surface area contributed by atoms with E-state index in [0.717, 1.165) is 5.69 Å². The van der Waals surface area contributed by atoms with Gasteiger partial charge in [0.1, 0.15) is 5.69 Å². The molecule has 128 valence electrons. The summed E-state index contributed by atoms with van der Waals surface area (Å²) in [5, 5.41) is 26.0. The third kappa shape index (κ3) is 4.09. The number of carbonyl (C=O) groups is 2. The molecule has 9 nitrogen and oxygen atoms in total. The SMILES string of the molecule is CNc1ccc(NC(=O)c2nc[nH]c2C(=O)NC(CO)CO)cc1. The van der Waals surface area contributed by atoms with Crippen LogP contribution in [0.1, 0.15) is 21.0 Å². The molecular formula is C15H19N5O4. The van der Waals surface area contributed by atoms with Gasteiger partial charge in [-0.1, -0.05) is 0 Å². The van der Waals surface area contributed by atoms with E-state index < -0.39 is 31.1 Å². The first kappa shape index (κ1) is 17.4. The van der Waals surface area contributed by atoms with Crippen LogP contribution in [0.3, 0.4) is 0 Å². The third-order valence-electron chi connectivity index (χ3n) is 3.29. The van der Waals surface area contributed by atoms with Crippen LogP contribution in [-0.2, 0) is 0 Å². The molecule has 0 radical (unpaired) electrons. The van der Waals surface area contributed by atoms with Crippen molar-refractivity contribution in [3.8, 4) is 0 Å². The quantitative estimate of drug-likeness (QED) is 0.414. The molecule has 2 amide bonds. The minimum Gasteiger partial charge on any atom is -0.394 e. The number of carbonyl (C=O) groups excluding carboxylic acids is 2. The van der Waals surface area contributed by atoms with E-state index in [-0.39, 0.29) is 11.4 Å². The smallest absolute Gasteiger partial charge is 0.276 e. The van der Waals surface area contributed by atoms with Gasteiger partial charge in [0.25, 0.3) is 11.8 Å². The molecule has 0 unspecified atom stereocenters. The van der Waals surface area contributed by atoms with Crippen LogP contribution in [0, 0.1) is 0 Å². The summed E-state index contributed by atoms with van der Waals surface area (Å²) in [5.74, 6) is -1.19. The molecule has 1 heterocycles. The summed E-state index contributed by atoms with van der Waals surface area (Å²) < 4.78 is 0. The number of anilines is 2. The van der Waals surface area contributed by atoms with Crippen LogP contribution in [0.5, 0.6) is 0 Å². The topological polar surface area (TPSA) is 139 Å². The number of nitrogens with one attached hydrogen (secondary N) is 4. The lowest BCUT2D eigenvalue weighted by Gasteiger charge is -2.13. The van der Waals surface area contributed by atoms with Crippen molar-refractivity contribution in [2.45, 2.75) is 6.04 Å². The van der Waals surface area contributed by atoms with Crippen molar-refractivity contribution in [2.75, 3.05) is 30.9 Å². The maximum Gasteiger partial charge on any atom is 0.276 e. The Morgan fingerprint density at radius 1 is 1.12 bits per heavy atom. The Morgan fingerprint density at radius 3 is 2.33 bits per heavy atom. The zero-order valence-electron chi connectivity index (χ0n) is 13.0. The van der Waals surface area contributed by atoms with E-state index >= 15 is 0 Å². The van der Waals surface area contributed by atoms with E-state index in [0.29, 0.717) is 5.69 Å². The van der Waals surface area contributed by atoms with E-state index in [1.165, 1.54) is 6.33 Å². The standard InChI is InChI=1S/C15H19N5O4/c1-16-9-2-4-10(5-3-9)19-14(23)12-13(18-8-17-12)15(24)20-11(6-21)7-22/h2-5,8,11,16,21-22H,6-7H2,1H3,(H,17,18)(H,19,23)(H,20,24). The fourth-order valence-corrected chi connectivity index (χ4v) is 1.96. The molecule has 6 N–H and O–H groups in total. The Balaban J connectivity index is 2.10. The molecule has 2 aromatic rings. The molecule has 24 heavy (non-hydrogen) atoms. The highest BCUT2D eigenvalue weighted by molar-refractivity contribution is 6.10. The van der Waals surface area contributed by atoms with Crippen molar-refractivity contribution in [1.29, 1.82) is 0 Å². The minimum atomic E-state index is -0.814. The summed E-state index contributed by atoms with van der Waals surface area (Å²) in [4.78, 5) is 30.8. The number of amides is 2. The Labute approximate surface area is 138 Å². The number of hydrogen-bond acceptors (Lipinski definition) is 6. The van der Waals surface area contributed by atoms with Crippen LogP contribution in [-0.4, -0.2) is 58.3 Å². The van der Waals surface area contributed by atoms with Crippen molar-refractivity contribution in [1.82, 2.24) is 15.3 Å². The third-order valence-corrected chi connectivity index (χ3v) is 3.29. The van der Waals surface area contributed by atoms with Gasteiger partial charge in [-0.05, 0) is 24.3 Å². The number of rotatable bonds is 7. The van der Waals surface area contributed by atoms with E-state index in [1.807, 2.05) is 0 Å². The van der Waals surface area contributed by atoms with E-state index in [9.17, 15) is 9.59 Å². The molecule has 9 heteroatoms. The highest BCUT2D eigenvalue weighted by Gasteiger charge is 2.22. The molecule has 1 aromatic carbocycles. The predicted molar refractivity (Wildman–Crippen MR) is 88.0 cm³/mol. The molecule has 0 atom stereocenters. The largest absolute Gasteiger partial charge is 0.394 e. The lowest BCUT2D eigenvalue weighted by molar-refractivity contribution is 0.0868. The monoisotopic (exact) mass is 333 g/mol. The molecule has 0 bridgehead atoms. The highest BCUT2D eigenvalue weighted by atomic mass is 16.3. The second-order valence-electron chi connectivity index (χ2n) is 4.94. The lowest BCUT2D eigenvalue weighted by Crippen LogP contribution is -2.40. The molecule has 2 rings (SSSR count).